The molecule has 0 N–H and O–H groups in total. The third-order valence-corrected chi connectivity index (χ3v) is 3.13. The Morgan fingerprint density at radius 3 is 2.57 bits per heavy atom. The summed E-state index contributed by atoms with van der Waals surface area (Å²) in [6.07, 6.45) is 3.31. The lowest BCUT2D eigenvalue weighted by Crippen LogP contribution is -2.03. The highest BCUT2D eigenvalue weighted by molar-refractivity contribution is 6.29. The fraction of sp³-hybridized carbons (Fsp3) is 0. The van der Waals surface area contributed by atoms with E-state index in [2.05, 4.69) is 10.1 Å². The van der Waals surface area contributed by atoms with E-state index >= 15 is 0 Å². The lowest BCUT2D eigenvalue weighted by atomic mass is 10.1. The van der Waals surface area contributed by atoms with E-state index in [1.165, 1.54) is 16.8 Å². The quantitative estimate of drug-likeness (QED) is 0.421. The van der Waals surface area contributed by atoms with Gasteiger partial charge in [-0.15, -0.1) is 0 Å². The van der Waals surface area contributed by atoms with Gasteiger partial charge in [-0.2, -0.15) is 5.10 Å². The van der Waals surface area contributed by atoms with Crippen molar-refractivity contribution in [3.63, 3.8) is 0 Å². The summed E-state index contributed by atoms with van der Waals surface area (Å²) in [5.74, 6) is 0.0923. The molecule has 0 spiro atoms. The molecule has 0 aliphatic heterocycles. The van der Waals surface area contributed by atoms with Crippen LogP contribution in [0.3, 0.4) is 0 Å². The second kappa shape index (κ2) is 5.34. The molecule has 7 heteroatoms. The van der Waals surface area contributed by atoms with Crippen molar-refractivity contribution < 1.29 is 4.92 Å². The maximum Gasteiger partial charge on any atom is 0.313 e. The lowest BCUT2D eigenvalue weighted by Gasteiger charge is -2.02. The molecule has 0 aliphatic carbocycles. The van der Waals surface area contributed by atoms with Crippen LogP contribution >= 0.6 is 11.6 Å². The molecule has 2 heterocycles. The summed E-state index contributed by atoms with van der Waals surface area (Å²) < 4.78 is 1.35. The number of rotatable bonds is 3. The molecular weight excluding hydrogens is 292 g/mol. The number of hydrogen-bond acceptors (Lipinski definition) is 4. The van der Waals surface area contributed by atoms with Gasteiger partial charge in [0.1, 0.15) is 5.15 Å². The largest absolute Gasteiger partial charge is 0.313 e. The molecule has 0 aliphatic rings. The van der Waals surface area contributed by atoms with Crippen LogP contribution in [0.5, 0.6) is 0 Å². The summed E-state index contributed by atoms with van der Waals surface area (Å²) in [6.45, 7) is 0. The molecule has 3 aromatic rings. The first-order valence-electron chi connectivity index (χ1n) is 6.06. The van der Waals surface area contributed by atoms with Crippen molar-refractivity contribution in [3.05, 3.63) is 70.1 Å². The van der Waals surface area contributed by atoms with Gasteiger partial charge in [-0.05, 0) is 11.6 Å². The van der Waals surface area contributed by atoms with E-state index in [0.29, 0.717) is 0 Å². The van der Waals surface area contributed by atoms with Gasteiger partial charge < -0.3 is 0 Å². The van der Waals surface area contributed by atoms with Gasteiger partial charge in [0.05, 0.1) is 11.1 Å². The van der Waals surface area contributed by atoms with Crippen molar-refractivity contribution in [1.29, 1.82) is 0 Å². The molecule has 0 atom stereocenters. The third kappa shape index (κ3) is 2.61. The van der Waals surface area contributed by atoms with Crippen LogP contribution in [0.25, 0.3) is 16.9 Å². The highest BCUT2D eigenvalue weighted by atomic mass is 35.5. The normalized spacial score (nSPS) is 10.5. The highest BCUT2D eigenvalue weighted by Gasteiger charge is 2.18. The number of nitrogens with zero attached hydrogens (tertiary/aromatic N) is 4. The molecule has 0 saturated carbocycles. The standard InChI is InChI=1S/C14H9ClN4O2/c15-13-7-6-12(19(20)21)14(17-13)18-9-11(8-16-18)10-4-2-1-3-5-10/h1-9H. The van der Waals surface area contributed by atoms with Crippen LogP contribution in [0.1, 0.15) is 0 Å². The van der Waals surface area contributed by atoms with Crippen molar-refractivity contribution >= 4 is 17.3 Å². The number of pyridine rings is 1. The fourth-order valence-corrected chi connectivity index (χ4v) is 2.09. The Bertz CT molecular complexity index is 802. The summed E-state index contributed by atoms with van der Waals surface area (Å²) in [7, 11) is 0. The number of benzene rings is 1. The Labute approximate surface area is 124 Å². The van der Waals surface area contributed by atoms with E-state index in [-0.39, 0.29) is 16.7 Å². The fourth-order valence-electron chi connectivity index (χ4n) is 1.95. The Morgan fingerprint density at radius 2 is 1.86 bits per heavy atom. The Hall–Kier alpha value is -2.73. The number of nitro groups is 1. The van der Waals surface area contributed by atoms with Crippen LogP contribution in [0, 0.1) is 10.1 Å². The molecule has 0 unspecified atom stereocenters. The van der Waals surface area contributed by atoms with Gasteiger partial charge in [0.25, 0.3) is 0 Å². The number of hydrogen-bond donors (Lipinski definition) is 0. The summed E-state index contributed by atoms with van der Waals surface area (Å²) in [5.41, 5.74) is 1.65. The predicted molar refractivity (Wildman–Crippen MR) is 78.5 cm³/mol. The van der Waals surface area contributed by atoms with Gasteiger partial charge >= 0.3 is 5.69 Å². The molecule has 21 heavy (non-hydrogen) atoms. The maximum atomic E-state index is 11.1. The lowest BCUT2D eigenvalue weighted by molar-refractivity contribution is -0.384. The van der Waals surface area contributed by atoms with Gasteiger partial charge in [-0.25, -0.2) is 9.67 Å². The average molecular weight is 301 g/mol. The average Bonchev–Trinajstić information content (AvgIpc) is 2.97. The van der Waals surface area contributed by atoms with Crippen LogP contribution in [0.15, 0.2) is 54.9 Å². The molecule has 0 amide bonds. The minimum absolute atomic E-state index is 0.0923. The van der Waals surface area contributed by atoms with Crippen LogP contribution in [0.2, 0.25) is 5.15 Å². The summed E-state index contributed by atoms with van der Waals surface area (Å²) in [6, 6.07) is 12.3. The van der Waals surface area contributed by atoms with E-state index in [9.17, 15) is 10.1 Å². The maximum absolute atomic E-state index is 11.1. The van der Waals surface area contributed by atoms with Crippen LogP contribution in [0.4, 0.5) is 5.69 Å². The van der Waals surface area contributed by atoms with Gasteiger partial charge in [-0.3, -0.25) is 10.1 Å². The number of halogens is 1. The van der Waals surface area contributed by atoms with Gasteiger partial charge in [0.2, 0.25) is 5.82 Å². The van der Waals surface area contributed by atoms with Crippen LogP contribution < -0.4 is 0 Å². The van der Waals surface area contributed by atoms with Gasteiger partial charge in [0.15, 0.2) is 0 Å². The van der Waals surface area contributed by atoms with E-state index in [4.69, 9.17) is 11.6 Å². The van der Waals surface area contributed by atoms with Gasteiger partial charge in [0, 0.05) is 17.8 Å². The second-order valence-electron chi connectivity index (χ2n) is 4.27. The van der Waals surface area contributed by atoms with Crippen molar-refractivity contribution in [2.45, 2.75) is 0 Å². The summed E-state index contributed by atoms with van der Waals surface area (Å²) >= 11 is 5.82. The first-order chi connectivity index (χ1) is 10.1. The molecular formula is C14H9ClN4O2. The zero-order valence-electron chi connectivity index (χ0n) is 10.7. The van der Waals surface area contributed by atoms with E-state index in [1.54, 1.807) is 12.4 Å². The van der Waals surface area contributed by atoms with Gasteiger partial charge in [-0.1, -0.05) is 41.9 Å². The van der Waals surface area contributed by atoms with Crippen LogP contribution in [-0.2, 0) is 0 Å². The highest BCUT2D eigenvalue weighted by Crippen LogP contribution is 2.25. The SMILES string of the molecule is O=[N+]([O-])c1ccc(Cl)nc1-n1cc(-c2ccccc2)cn1. The zero-order chi connectivity index (χ0) is 14.8. The molecule has 0 bridgehead atoms. The molecule has 0 saturated heterocycles. The molecule has 1 aromatic carbocycles. The summed E-state index contributed by atoms with van der Waals surface area (Å²) in [5, 5.41) is 15.4. The van der Waals surface area contributed by atoms with E-state index < -0.39 is 4.92 Å². The summed E-state index contributed by atoms with van der Waals surface area (Å²) in [4.78, 5) is 14.5. The molecule has 6 nitrogen and oxygen atoms in total. The van der Waals surface area contributed by atoms with Crippen molar-refractivity contribution in [3.8, 4) is 16.9 Å². The zero-order valence-corrected chi connectivity index (χ0v) is 11.4. The first-order valence-corrected chi connectivity index (χ1v) is 6.44. The monoisotopic (exact) mass is 300 g/mol. The third-order valence-electron chi connectivity index (χ3n) is 2.92. The van der Waals surface area contributed by atoms with E-state index in [0.717, 1.165) is 11.1 Å². The number of aromatic nitrogens is 3. The molecule has 0 radical (unpaired) electrons. The minimum Gasteiger partial charge on any atom is -0.258 e. The Kier molecular flexibility index (Phi) is 3.37. The topological polar surface area (TPSA) is 73.8 Å². The Balaban J connectivity index is 2.08. The van der Waals surface area contributed by atoms with Crippen molar-refractivity contribution in [2.24, 2.45) is 0 Å². The smallest absolute Gasteiger partial charge is 0.258 e. The molecule has 2 aromatic heterocycles. The predicted octanol–water partition coefficient (Wildman–Crippen LogP) is 3.50. The van der Waals surface area contributed by atoms with Crippen molar-refractivity contribution in [2.75, 3.05) is 0 Å². The first kappa shape index (κ1) is 13.3. The molecule has 104 valence electrons. The molecule has 0 fully saturated rings. The van der Waals surface area contributed by atoms with Crippen molar-refractivity contribution in [1.82, 2.24) is 14.8 Å². The second-order valence-corrected chi connectivity index (χ2v) is 4.66. The molecule has 3 rings (SSSR count). The van der Waals surface area contributed by atoms with E-state index in [1.807, 2.05) is 30.3 Å². The minimum atomic E-state index is -0.511. The Morgan fingerprint density at radius 1 is 1.10 bits per heavy atom. The van der Waals surface area contributed by atoms with Crippen LogP contribution in [-0.4, -0.2) is 19.7 Å².